The molecule has 0 aromatic heterocycles. The number of imide groups is 1. The van der Waals surface area contributed by atoms with Gasteiger partial charge in [0.2, 0.25) is 0 Å². The second kappa shape index (κ2) is 2.50. The molecule has 76 valence electrons. The van der Waals surface area contributed by atoms with Crippen LogP contribution in [0.5, 0.6) is 0 Å². The van der Waals surface area contributed by atoms with Gasteiger partial charge < -0.3 is 0 Å². The number of rotatable bonds is 0. The number of fused-ring (bicyclic) bond motifs is 1. The lowest BCUT2D eigenvalue weighted by atomic mass is 9.70. The zero-order chi connectivity index (χ0) is 10.9. The maximum absolute atomic E-state index is 11.9. The molecule has 0 N–H and O–H groups in total. The zero-order valence-electron chi connectivity index (χ0n) is 8.02. The van der Waals surface area contributed by atoms with E-state index in [1.807, 2.05) is 13.8 Å². The van der Waals surface area contributed by atoms with Gasteiger partial charge in [0, 0.05) is 7.05 Å². The summed E-state index contributed by atoms with van der Waals surface area (Å²) < 4.78 is -1.70. The van der Waals surface area contributed by atoms with Crippen LogP contribution >= 0.6 is 31.9 Å². The third-order valence-corrected chi connectivity index (χ3v) is 6.86. The Bertz CT molecular complexity index is 368. The first kappa shape index (κ1) is 10.4. The Morgan fingerprint density at radius 3 is 1.57 bits per heavy atom. The minimum atomic E-state index is -0.851. The van der Waals surface area contributed by atoms with Crippen LogP contribution in [0.25, 0.3) is 0 Å². The van der Waals surface area contributed by atoms with Crippen molar-refractivity contribution >= 4 is 43.7 Å². The van der Waals surface area contributed by atoms with E-state index in [4.69, 9.17) is 0 Å². The van der Waals surface area contributed by atoms with Gasteiger partial charge in [-0.3, -0.25) is 14.5 Å². The molecule has 0 bridgehead atoms. The molecule has 0 spiro atoms. The van der Waals surface area contributed by atoms with E-state index in [9.17, 15) is 9.59 Å². The van der Waals surface area contributed by atoms with E-state index in [1.165, 1.54) is 11.9 Å². The molecule has 2 aliphatic rings. The van der Waals surface area contributed by atoms with Crippen molar-refractivity contribution in [1.29, 1.82) is 0 Å². The first-order valence-corrected chi connectivity index (χ1v) is 5.77. The zero-order valence-corrected chi connectivity index (χ0v) is 11.2. The first-order valence-electron chi connectivity index (χ1n) is 4.18. The Balaban J connectivity index is 2.69. The molecule has 14 heavy (non-hydrogen) atoms. The molecule has 2 rings (SSSR count). The van der Waals surface area contributed by atoms with Crippen molar-refractivity contribution in [3.8, 4) is 0 Å². The largest absolute Gasteiger partial charge is 0.283 e. The average molecular weight is 323 g/mol. The number of hydrogen-bond donors (Lipinski definition) is 0. The number of nitrogens with zero attached hydrogens (tertiary/aromatic N) is 1. The summed E-state index contributed by atoms with van der Waals surface area (Å²) in [4.78, 5) is 24.9. The van der Waals surface area contributed by atoms with E-state index in [2.05, 4.69) is 31.9 Å². The minimum Gasteiger partial charge on any atom is -0.283 e. The van der Waals surface area contributed by atoms with E-state index >= 15 is 0 Å². The molecule has 1 aliphatic heterocycles. The summed E-state index contributed by atoms with van der Waals surface area (Å²) in [6.45, 7) is 3.74. The quantitative estimate of drug-likeness (QED) is 0.386. The van der Waals surface area contributed by atoms with E-state index < -0.39 is 8.65 Å². The Morgan fingerprint density at radius 2 is 1.29 bits per heavy atom. The Hall–Kier alpha value is -0.160. The molecular weight excluding hydrogens is 314 g/mol. The highest BCUT2D eigenvalue weighted by molar-refractivity contribution is 9.13. The third kappa shape index (κ3) is 0.692. The highest BCUT2D eigenvalue weighted by Crippen LogP contribution is 2.62. The lowest BCUT2D eigenvalue weighted by molar-refractivity contribution is -0.137. The fraction of sp³-hybridized carbons (Fsp3) is 0.556. The predicted octanol–water partition coefficient (Wildman–Crippen LogP) is 1.60. The van der Waals surface area contributed by atoms with E-state index in [0.717, 1.165) is 11.1 Å². The second-order valence-electron chi connectivity index (χ2n) is 3.74. The summed E-state index contributed by atoms with van der Waals surface area (Å²) in [5, 5.41) is 0. The van der Waals surface area contributed by atoms with Crippen LogP contribution in [0.4, 0.5) is 0 Å². The van der Waals surface area contributed by atoms with Gasteiger partial charge >= 0.3 is 0 Å². The topological polar surface area (TPSA) is 37.4 Å². The summed E-state index contributed by atoms with van der Waals surface area (Å²) >= 11 is 6.77. The van der Waals surface area contributed by atoms with Crippen molar-refractivity contribution in [2.75, 3.05) is 7.05 Å². The predicted molar refractivity (Wildman–Crippen MR) is 59.5 cm³/mol. The van der Waals surface area contributed by atoms with Gasteiger partial charge in [-0.1, -0.05) is 31.9 Å². The summed E-state index contributed by atoms with van der Waals surface area (Å²) in [6, 6.07) is 0. The monoisotopic (exact) mass is 321 g/mol. The molecule has 5 heteroatoms. The molecule has 1 heterocycles. The van der Waals surface area contributed by atoms with Crippen LogP contribution in [0.3, 0.4) is 0 Å². The van der Waals surface area contributed by atoms with Crippen molar-refractivity contribution in [1.82, 2.24) is 4.90 Å². The summed E-state index contributed by atoms with van der Waals surface area (Å²) in [6.07, 6.45) is 0. The summed E-state index contributed by atoms with van der Waals surface area (Å²) in [7, 11) is 1.51. The van der Waals surface area contributed by atoms with Gasteiger partial charge in [-0.2, -0.15) is 0 Å². The maximum Gasteiger partial charge on any atom is 0.252 e. The number of likely N-dealkylation sites (tertiary alicyclic amines) is 1. The molecule has 0 radical (unpaired) electrons. The lowest BCUT2D eigenvalue weighted by Gasteiger charge is -2.45. The number of carbonyl (C=O) groups is 2. The summed E-state index contributed by atoms with van der Waals surface area (Å²) in [5.74, 6) is -0.384. The Kier molecular flexibility index (Phi) is 1.85. The molecule has 2 unspecified atom stereocenters. The fourth-order valence-electron chi connectivity index (χ4n) is 2.14. The van der Waals surface area contributed by atoms with Gasteiger partial charge in [0.05, 0.1) is 0 Å². The first-order chi connectivity index (χ1) is 6.29. The third-order valence-electron chi connectivity index (χ3n) is 3.27. The van der Waals surface area contributed by atoms with Crippen molar-refractivity contribution in [2.24, 2.45) is 0 Å². The molecule has 0 aromatic carbocycles. The molecule has 3 nitrogen and oxygen atoms in total. The molecular formula is C9H9Br2NO2. The molecule has 2 atom stereocenters. The van der Waals surface area contributed by atoms with Gasteiger partial charge in [-0.05, 0) is 25.0 Å². The Labute approximate surface area is 98.8 Å². The van der Waals surface area contributed by atoms with Gasteiger partial charge in [-0.25, -0.2) is 0 Å². The molecule has 2 amide bonds. The van der Waals surface area contributed by atoms with Crippen LogP contribution in [0.2, 0.25) is 0 Å². The average Bonchev–Trinajstić information content (AvgIpc) is 2.30. The molecule has 0 saturated carbocycles. The number of halogens is 2. The van der Waals surface area contributed by atoms with E-state index in [-0.39, 0.29) is 11.8 Å². The maximum atomic E-state index is 11.9. The highest BCUT2D eigenvalue weighted by atomic mass is 79.9. The van der Waals surface area contributed by atoms with Gasteiger partial charge in [-0.15, -0.1) is 0 Å². The Morgan fingerprint density at radius 1 is 1.00 bits per heavy atom. The summed E-state index contributed by atoms with van der Waals surface area (Å²) in [5.41, 5.74) is 1.86. The molecule has 0 aromatic rings. The number of alkyl halides is 2. The van der Waals surface area contributed by atoms with Gasteiger partial charge in [0.1, 0.15) is 0 Å². The van der Waals surface area contributed by atoms with Crippen molar-refractivity contribution in [3.63, 3.8) is 0 Å². The number of amides is 2. The minimum absolute atomic E-state index is 0.192. The van der Waals surface area contributed by atoms with Crippen molar-refractivity contribution in [2.45, 2.75) is 22.5 Å². The lowest BCUT2D eigenvalue weighted by Crippen LogP contribution is -2.58. The van der Waals surface area contributed by atoms with Crippen LogP contribution in [-0.2, 0) is 9.59 Å². The van der Waals surface area contributed by atoms with Gasteiger partial charge in [0.15, 0.2) is 8.65 Å². The number of carbonyl (C=O) groups excluding carboxylic acids is 2. The van der Waals surface area contributed by atoms with Crippen LogP contribution in [-0.4, -0.2) is 32.4 Å². The van der Waals surface area contributed by atoms with Crippen LogP contribution in [0.15, 0.2) is 11.1 Å². The molecule has 1 saturated heterocycles. The van der Waals surface area contributed by atoms with Crippen molar-refractivity contribution < 1.29 is 9.59 Å². The van der Waals surface area contributed by atoms with E-state index in [0.29, 0.717) is 0 Å². The van der Waals surface area contributed by atoms with Crippen LogP contribution in [0.1, 0.15) is 13.8 Å². The van der Waals surface area contributed by atoms with Crippen molar-refractivity contribution in [3.05, 3.63) is 11.1 Å². The normalized spacial score (nSPS) is 41.6. The van der Waals surface area contributed by atoms with E-state index in [1.54, 1.807) is 0 Å². The second-order valence-corrected chi connectivity index (χ2v) is 6.12. The van der Waals surface area contributed by atoms with Crippen LogP contribution in [0, 0.1) is 0 Å². The standard InChI is InChI=1S/C9H9Br2NO2/c1-4-5(2)9(11)7(14)12(3)6(13)8(4,9)10/h1-3H3. The SMILES string of the molecule is CC1=C(C)C2(Br)C(=O)N(C)C(=O)C12Br. The number of hydrogen-bond acceptors (Lipinski definition) is 2. The molecule has 1 aliphatic carbocycles. The van der Waals surface area contributed by atoms with Gasteiger partial charge in [0.25, 0.3) is 11.8 Å². The molecule has 1 fully saturated rings. The smallest absolute Gasteiger partial charge is 0.252 e. The van der Waals surface area contributed by atoms with Crippen LogP contribution < -0.4 is 0 Å². The highest BCUT2D eigenvalue weighted by Gasteiger charge is 2.74. The fourth-order valence-corrected chi connectivity index (χ4v) is 4.20.